The minimum Gasteiger partial charge on any atom is -0.493 e. The molecule has 0 fully saturated rings. The second-order valence-corrected chi connectivity index (χ2v) is 3.35. The zero-order chi connectivity index (χ0) is 11.3. The van der Waals surface area contributed by atoms with Crippen LogP contribution in [0.1, 0.15) is 18.9 Å². The van der Waals surface area contributed by atoms with E-state index >= 15 is 0 Å². The molecule has 15 heavy (non-hydrogen) atoms. The van der Waals surface area contributed by atoms with Crippen molar-refractivity contribution in [1.82, 2.24) is 0 Å². The summed E-state index contributed by atoms with van der Waals surface area (Å²) in [5, 5.41) is 0. The lowest BCUT2D eigenvalue weighted by atomic mass is 10.1. The molecule has 0 heterocycles. The number of carbonyl (C=O) groups excluding carboxylic acids is 1. The lowest BCUT2D eigenvalue weighted by Gasteiger charge is -2.11. The molecule has 0 atom stereocenters. The molecule has 3 nitrogen and oxygen atoms in total. The smallest absolute Gasteiger partial charge is 0.163 e. The third-order valence-electron chi connectivity index (χ3n) is 2.23. The summed E-state index contributed by atoms with van der Waals surface area (Å²) in [5.41, 5.74) is 1.01. The van der Waals surface area contributed by atoms with Crippen molar-refractivity contribution in [3.63, 3.8) is 0 Å². The van der Waals surface area contributed by atoms with Gasteiger partial charge in [-0.05, 0) is 25.0 Å². The van der Waals surface area contributed by atoms with E-state index in [4.69, 9.17) is 9.47 Å². The first-order valence-electron chi connectivity index (χ1n) is 4.88. The van der Waals surface area contributed by atoms with Crippen LogP contribution in [0.15, 0.2) is 18.2 Å². The minimum absolute atomic E-state index is 0.180. The van der Waals surface area contributed by atoms with Crippen LogP contribution in [0, 0.1) is 0 Å². The summed E-state index contributed by atoms with van der Waals surface area (Å²) in [4.78, 5) is 10.9. The Bertz CT molecular complexity index is 345. The highest BCUT2D eigenvalue weighted by Gasteiger charge is 2.09. The van der Waals surface area contributed by atoms with Crippen LogP contribution >= 0.6 is 0 Å². The van der Waals surface area contributed by atoms with Crippen molar-refractivity contribution in [1.29, 1.82) is 0 Å². The number of carbonyl (C=O) groups is 1. The predicted octanol–water partition coefficient (Wildman–Crippen LogP) is 2.23. The number of para-hydroxylation sites is 1. The highest BCUT2D eigenvalue weighted by molar-refractivity contribution is 5.75. The summed E-state index contributed by atoms with van der Waals surface area (Å²) in [6.45, 7) is 1.59. The van der Waals surface area contributed by atoms with Gasteiger partial charge in [-0.15, -0.1) is 0 Å². The molecule has 1 aromatic rings. The molecule has 82 valence electrons. The number of hydrogen-bond donors (Lipinski definition) is 0. The number of hydrogen-bond acceptors (Lipinski definition) is 3. The summed E-state index contributed by atoms with van der Waals surface area (Å²) in [6, 6.07) is 5.69. The largest absolute Gasteiger partial charge is 0.493 e. The highest BCUT2D eigenvalue weighted by Crippen LogP contribution is 2.31. The number of ether oxygens (including phenoxy) is 2. The molecule has 0 saturated heterocycles. The second-order valence-electron chi connectivity index (χ2n) is 3.35. The van der Waals surface area contributed by atoms with Gasteiger partial charge in [0.1, 0.15) is 5.78 Å². The van der Waals surface area contributed by atoms with Crippen LogP contribution < -0.4 is 9.47 Å². The van der Waals surface area contributed by atoms with Crippen LogP contribution in [-0.2, 0) is 11.2 Å². The number of benzene rings is 1. The fourth-order valence-corrected chi connectivity index (χ4v) is 1.46. The molecule has 1 rings (SSSR count). The summed E-state index contributed by atoms with van der Waals surface area (Å²) in [5.74, 6) is 1.61. The fourth-order valence-electron chi connectivity index (χ4n) is 1.46. The van der Waals surface area contributed by atoms with Gasteiger partial charge in [0.15, 0.2) is 11.5 Å². The Morgan fingerprint density at radius 2 is 2.00 bits per heavy atom. The number of aryl methyl sites for hydroxylation is 1. The topological polar surface area (TPSA) is 35.5 Å². The maximum absolute atomic E-state index is 10.9. The number of ketones is 1. The highest BCUT2D eigenvalue weighted by atomic mass is 16.5. The third kappa shape index (κ3) is 2.98. The third-order valence-corrected chi connectivity index (χ3v) is 2.23. The van der Waals surface area contributed by atoms with E-state index in [1.165, 1.54) is 0 Å². The number of methoxy groups -OCH3 is 2. The molecule has 1 aromatic carbocycles. The minimum atomic E-state index is 0.180. The van der Waals surface area contributed by atoms with Crippen molar-refractivity contribution >= 4 is 5.78 Å². The summed E-state index contributed by atoms with van der Waals surface area (Å²) in [6.07, 6.45) is 1.22. The SMILES string of the molecule is COc1cccc(CCC(C)=O)c1OC. The van der Waals surface area contributed by atoms with E-state index in [1.54, 1.807) is 21.1 Å². The average Bonchev–Trinajstić information content (AvgIpc) is 2.25. The van der Waals surface area contributed by atoms with Gasteiger partial charge in [-0.2, -0.15) is 0 Å². The van der Waals surface area contributed by atoms with Gasteiger partial charge in [-0.3, -0.25) is 0 Å². The molecule has 0 aliphatic carbocycles. The first kappa shape index (κ1) is 11.6. The first-order valence-corrected chi connectivity index (χ1v) is 4.88. The van der Waals surface area contributed by atoms with Crippen molar-refractivity contribution in [2.45, 2.75) is 19.8 Å². The molecule has 0 aliphatic heterocycles. The summed E-state index contributed by atoms with van der Waals surface area (Å²) in [7, 11) is 3.21. The second kappa shape index (κ2) is 5.39. The zero-order valence-corrected chi connectivity index (χ0v) is 9.37. The average molecular weight is 208 g/mol. The number of Topliss-reactive ketones (excluding diaryl/α,β-unsaturated/α-hetero) is 1. The van der Waals surface area contributed by atoms with Crippen molar-refractivity contribution in [3.05, 3.63) is 23.8 Å². The quantitative estimate of drug-likeness (QED) is 0.744. The molecule has 0 bridgehead atoms. The van der Waals surface area contributed by atoms with Gasteiger partial charge in [0, 0.05) is 6.42 Å². The summed E-state index contributed by atoms with van der Waals surface area (Å²) >= 11 is 0. The van der Waals surface area contributed by atoms with Gasteiger partial charge < -0.3 is 14.3 Å². The van der Waals surface area contributed by atoms with Gasteiger partial charge in [-0.1, -0.05) is 12.1 Å². The first-order chi connectivity index (χ1) is 7.19. The van der Waals surface area contributed by atoms with Crippen LogP contribution in [0.2, 0.25) is 0 Å². The standard InChI is InChI=1S/C12H16O3/c1-9(13)7-8-10-5-4-6-11(14-2)12(10)15-3/h4-6H,7-8H2,1-3H3. The van der Waals surface area contributed by atoms with Gasteiger partial charge in [0.05, 0.1) is 14.2 Å². The Balaban J connectivity index is 2.90. The van der Waals surface area contributed by atoms with E-state index in [0.29, 0.717) is 18.6 Å². The molecular weight excluding hydrogens is 192 g/mol. The summed E-state index contributed by atoms with van der Waals surface area (Å²) < 4.78 is 10.4. The fraction of sp³-hybridized carbons (Fsp3) is 0.417. The molecule has 0 amide bonds. The van der Waals surface area contributed by atoms with Crippen molar-refractivity contribution in [2.75, 3.05) is 14.2 Å². The van der Waals surface area contributed by atoms with E-state index in [2.05, 4.69) is 0 Å². The van der Waals surface area contributed by atoms with E-state index in [0.717, 1.165) is 11.3 Å². The molecule has 0 spiro atoms. The van der Waals surface area contributed by atoms with Crippen LogP contribution in [0.4, 0.5) is 0 Å². The molecule has 0 radical (unpaired) electrons. The molecule has 3 heteroatoms. The van der Waals surface area contributed by atoms with Crippen LogP contribution in [-0.4, -0.2) is 20.0 Å². The Kier molecular flexibility index (Phi) is 4.16. The van der Waals surface area contributed by atoms with E-state index < -0.39 is 0 Å². The molecule has 0 saturated carbocycles. The Morgan fingerprint density at radius 3 is 2.53 bits per heavy atom. The van der Waals surface area contributed by atoms with Crippen LogP contribution in [0.25, 0.3) is 0 Å². The van der Waals surface area contributed by atoms with Crippen LogP contribution in [0.3, 0.4) is 0 Å². The Labute approximate surface area is 90.0 Å². The Morgan fingerprint density at radius 1 is 1.27 bits per heavy atom. The zero-order valence-electron chi connectivity index (χ0n) is 9.37. The van der Waals surface area contributed by atoms with Gasteiger partial charge in [0.2, 0.25) is 0 Å². The normalized spacial score (nSPS) is 9.80. The number of rotatable bonds is 5. The Hall–Kier alpha value is -1.51. The molecule has 0 aliphatic rings. The van der Waals surface area contributed by atoms with E-state index in [-0.39, 0.29) is 5.78 Å². The lowest BCUT2D eigenvalue weighted by Crippen LogP contribution is -1.99. The van der Waals surface area contributed by atoms with E-state index in [9.17, 15) is 4.79 Å². The monoisotopic (exact) mass is 208 g/mol. The predicted molar refractivity (Wildman–Crippen MR) is 58.5 cm³/mol. The van der Waals surface area contributed by atoms with E-state index in [1.807, 2.05) is 18.2 Å². The molecule has 0 N–H and O–H groups in total. The maximum atomic E-state index is 10.9. The molecular formula is C12H16O3. The van der Waals surface area contributed by atoms with Gasteiger partial charge in [0.25, 0.3) is 0 Å². The maximum Gasteiger partial charge on any atom is 0.163 e. The lowest BCUT2D eigenvalue weighted by molar-refractivity contribution is -0.116. The van der Waals surface area contributed by atoms with Gasteiger partial charge in [-0.25, -0.2) is 0 Å². The molecule has 0 unspecified atom stereocenters. The van der Waals surface area contributed by atoms with Crippen LogP contribution in [0.5, 0.6) is 11.5 Å². The van der Waals surface area contributed by atoms with Gasteiger partial charge >= 0.3 is 0 Å². The molecule has 0 aromatic heterocycles. The van der Waals surface area contributed by atoms with Crippen molar-refractivity contribution in [2.24, 2.45) is 0 Å². The van der Waals surface area contributed by atoms with Crippen molar-refractivity contribution in [3.8, 4) is 11.5 Å². The van der Waals surface area contributed by atoms with Crippen molar-refractivity contribution < 1.29 is 14.3 Å².